The molecular formula is C13H19N3O3. The number of carbonyl (C=O) groups is 1. The Morgan fingerprint density at radius 2 is 2.37 bits per heavy atom. The molecule has 19 heavy (non-hydrogen) atoms. The number of aliphatic carboxylic acids is 1. The first-order valence-corrected chi connectivity index (χ1v) is 6.53. The normalized spacial score (nSPS) is 23.4. The summed E-state index contributed by atoms with van der Waals surface area (Å²) in [5.41, 5.74) is -0.929. The first-order valence-electron chi connectivity index (χ1n) is 6.53. The van der Waals surface area contributed by atoms with Crippen LogP contribution in [-0.4, -0.2) is 34.1 Å². The summed E-state index contributed by atoms with van der Waals surface area (Å²) in [7, 11) is 0. The van der Waals surface area contributed by atoms with E-state index in [-0.39, 0.29) is 5.56 Å². The predicted octanol–water partition coefficient (Wildman–Crippen LogP) is 1.16. The van der Waals surface area contributed by atoms with Crippen LogP contribution in [-0.2, 0) is 4.79 Å². The minimum Gasteiger partial charge on any atom is -0.481 e. The summed E-state index contributed by atoms with van der Waals surface area (Å²) < 4.78 is 0. The first kappa shape index (κ1) is 13.6. The summed E-state index contributed by atoms with van der Waals surface area (Å²) in [6.45, 7) is 4.77. The molecule has 1 fully saturated rings. The zero-order valence-electron chi connectivity index (χ0n) is 11.3. The van der Waals surface area contributed by atoms with Crippen molar-refractivity contribution in [3.05, 3.63) is 22.2 Å². The topological polar surface area (TPSA) is 86.3 Å². The third-order valence-electron chi connectivity index (χ3n) is 3.88. The van der Waals surface area contributed by atoms with Gasteiger partial charge in [0.2, 0.25) is 0 Å². The van der Waals surface area contributed by atoms with Crippen LogP contribution in [0.4, 0.5) is 5.82 Å². The van der Waals surface area contributed by atoms with Crippen LogP contribution < -0.4 is 10.5 Å². The van der Waals surface area contributed by atoms with Crippen molar-refractivity contribution in [2.45, 2.75) is 33.1 Å². The second kappa shape index (κ2) is 5.03. The molecule has 1 aromatic heterocycles. The molecule has 0 aliphatic carbocycles. The summed E-state index contributed by atoms with van der Waals surface area (Å²) in [5, 5.41) is 9.45. The molecule has 0 spiro atoms. The molecule has 104 valence electrons. The molecule has 1 unspecified atom stereocenters. The number of piperidine rings is 1. The van der Waals surface area contributed by atoms with E-state index in [4.69, 9.17) is 0 Å². The third kappa shape index (κ3) is 2.62. The minimum absolute atomic E-state index is 0.203. The summed E-state index contributed by atoms with van der Waals surface area (Å²) in [6, 6.07) is 1.43. The van der Waals surface area contributed by atoms with Crippen molar-refractivity contribution in [2.75, 3.05) is 18.0 Å². The molecule has 1 atom stereocenters. The highest BCUT2D eigenvalue weighted by molar-refractivity contribution is 5.75. The van der Waals surface area contributed by atoms with Crippen molar-refractivity contribution in [2.24, 2.45) is 5.41 Å². The second-order valence-corrected chi connectivity index (χ2v) is 5.15. The van der Waals surface area contributed by atoms with E-state index in [1.807, 2.05) is 11.8 Å². The maximum atomic E-state index is 11.5. The number of hydrogen-bond acceptors (Lipinski definition) is 4. The van der Waals surface area contributed by atoms with Gasteiger partial charge in [-0.15, -0.1) is 0 Å². The standard InChI is InChI=1S/C13H19N3O3/c1-3-13(12(18)19)5-4-6-16(8-13)10-7-11(17)15-9(2)14-10/h7H,3-6,8H2,1-2H3,(H,18,19)(H,14,15,17). The molecule has 1 aromatic rings. The number of carboxylic acid groups (broad SMARTS) is 1. The fourth-order valence-corrected chi connectivity index (χ4v) is 2.67. The zero-order valence-corrected chi connectivity index (χ0v) is 11.3. The largest absolute Gasteiger partial charge is 0.481 e. The fourth-order valence-electron chi connectivity index (χ4n) is 2.67. The Labute approximate surface area is 111 Å². The summed E-state index contributed by atoms with van der Waals surface area (Å²) in [5.74, 6) is 0.354. The second-order valence-electron chi connectivity index (χ2n) is 5.15. The number of aromatic amines is 1. The molecule has 1 aliphatic rings. The maximum Gasteiger partial charge on any atom is 0.311 e. The number of aryl methyl sites for hydroxylation is 1. The van der Waals surface area contributed by atoms with E-state index in [2.05, 4.69) is 9.97 Å². The molecular weight excluding hydrogens is 246 g/mol. The molecule has 2 N–H and O–H groups in total. The molecule has 6 heteroatoms. The lowest BCUT2D eigenvalue weighted by Gasteiger charge is -2.39. The van der Waals surface area contributed by atoms with Gasteiger partial charge in [0.05, 0.1) is 5.41 Å². The van der Waals surface area contributed by atoms with E-state index in [1.165, 1.54) is 6.07 Å². The van der Waals surface area contributed by atoms with Crippen LogP contribution in [0.25, 0.3) is 0 Å². The van der Waals surface area contributed by atoms with Gasteiger partial charge in [-0.25, -0.2) is 4.98 Å². The molecule has 1 aliphatic heterocycles. The van der Waals surface area contributed by atoms with Crippen LogP contribution in [0, 0.1) is 12.3 Å². The maximum absolute atomic E-state index is 11.5. The average molecular weight is 265 g/mol. The van der Waals surface area contributed by atoms with Crippen molar-refractivity contribution in [1.82, 2.24) is 9.97 Å². The fraction of sp³-hybridized carbons (Fsp3) is 0.615. The molecule has 0 radical (unpaired) electrons. The smallest absolute Gasteiger partial charge is 0.311 e. The van der Waals surface area contributed by atoms with Gasteiger partial charge in [-0.1, -0.05) is 6.92 Å². The van der Waals surface area contributed by atoms with E-state index < -0.39 is 11.4 Å². The Kier molecular flexibility index (Phi) is 3.59. The van der Waals surface area contributed by atoms with Gasteiger partial charge in [0.1, 0.15) is 11.6 Å². The lowest BCUT2D eigenvalue weighted by atomic mass is 9.77. The highest BCUT2D eigenvalue weighted by Crippen LogP contribution is 2.34. The van der Waals surface area contributed by atoms with E-state index in [0.717, 1.165) is 13.0 Å². The summed E-state index contributed by atoms with van der Waals surface area (Å²) >= 11 is 0. The van der Waals surface area contributed by atoms with Crippen molar-refractivity contribution >= 4 is 11.8 Å². The van der Waals surface area contributed by atoms with Gasteiger partial charge in [-0.05, 0) is 26.2 Å². The molecule has 6 nitrogen and oxygen atoms in total. The molecule has 0 saturated carbocycles. The number of nitrogens with one attached hydrogen (secondary N) is 1. The van der Waals surface area contributed by atoms with E-state index in [0.29, 0.717) is 31.0 Å². The van der Waals surface area contributed by atoms with Crippen LogP contribution >= 0.6 is 0 Å². The number of H-pyrrole nitrogens is 1. The van der Waals surface area contributed by atoms with Gasteiger partial charge in [-0.2, -0.15) is 0 Å². The van der Waals surface area contributed by atoms with Gasteiger partial charge in [0, 0.05) is 19.2 Å². The lowest BCUT2D eigenvalue weighted by Crippen LogP contribution is -2.48. The van der Waals surface area contributed by atoms with Gasteiger partial charge >= 0.3 is 5.97 Å². The predicted molar refractivity (Wildman–Crippen MR) is 71.4 cm³/mol. The van der Waals surface area contributed by atoms with Crippen molar-refractivity contribution < 1.29 is 9.90 Å². The molecule has 1 saturated heterocycles. The van der Waals surface area contributed by atoms with Crippen LogP contribution in [0.1, 0.15) is 32.0 Å². The van der Waals surface area contributed by atoms with Crippen molar-refractivity contribution in [3.63, 3.8) is 0 Å². The number of hydrogen-bond donors (Lipinski definition) is 2. The highest BCUT2D eigenvalue weighted by Gasteiger charge is 2.41. The Bertz CT molecular complexity index is 540. The highest BCUT2D eigenvalue weighted by atomic mass is 16.4. The summed E-state index contributed by atoms with van der Waals surface area (Å²) in [4.78, 5) is 31.8. The van der Waals surface area contributed by atoms with E-state index >= 15 is 0 Å². The Morgan fingerprint density at radius 3 is 2.95 bits per heavy atom. The molecule has 2 heterocycles. The monoisotopic (exact) mass is 265 g/mol. The SMILES string of the molecule is CCC1(C(=O)O)CCCN(c2cc(=O)[nH]c(C)n2)C1. The molecule has 0 bridgehead atoms. The van der Waals surface area contributed by atoms with E-state index in [9.17, 15) is 14.7 Å². The van der Waals surface area contributed by atoms with Gasteiger partial charge < -0.3 is 15.0 Å². The lowest BCUT2D eigenvalue weighted by molar-refractivity contribution is -0.149. The summed E-state index contributed by atoms with van der Waals surface area (Å²) in [6.07, 6.45) is 2.06. The van der Waals surface area contributed by atoms with Crippen molar-refractivity contribution in [3.8, 4) is 0 Å². The Hall–Kier alpha value is -1.85. The van der Waals surface area contributed by atoms with Gasteiger partial charge in [0.15, 0.2) is 0 Å². The quantitative estimate of drug-likeness (QED) is 0.856. The van der Waals surface area contributed by atoms with E-state index in [1.54, 1.807) is 6.92 Å². The van der Waals surface area contributed by atoms with Crippen LogP contribution in [0.3, 0.4) is 0 Å². The third-order valence-corrected chi connectivity index (χ3v) is 3.88. The van der Waals surface area contributed by atoms with Crippen molar-refractivity contribution in [1.29, 1.82) is 0 Å². The minimum atomic E-state index is -0.763. The molecule has 0 amide bonds. The Morgan fingerprint density at radius 1 is 1.63 bits per heavy atom. The molecule has 0 aromatic carbocycles. The first-order chi connectivity index (χ1) is 8.97. The van der Waals surface area contributed by atoms with Crippen LogP contribution in [0.15, 0.2) is 10.9 Å². The number of aromatic nitrogens is 2. The number of rotatable bonds is 3. The van der Waals surface area contributed by atoms with Gasteiger partial charge in [0.25, 0.3) is 5.56 Å². The zero-order chi connectivity index (χ0) is 14.0. The van der Waals surface area contributed by atoms with Gasteiger partial charge in [-0.3, -0.25) is 9.59 Å². The number of nitrogens with zero attached hydrogens (tertiary/aromatic N) is 2. The average Bonchev–Trinajstić information content (AvgIpc) is 2.37. The number of anilines is 1. The Balaban J connectivity index is 2.30. The van der Waals surface area contributed by atoms with Crippen LogP contribution in [0.5, 0.6) is 0 Å². The number of carboxylic acids is 1. The van der Waals surface area contributed by atoms with Crippen LogP contribution in [0.2, 0.25) is 0 Å². The molecule has 2 rings (SSSR count).